The first-order valence-corrected chi connectivity index (χ1v) is 5.37. The zero-order valence-electron chi connectivity index (χ0n) is 9.01. The van der Waals surface area contributed by atoms with Crippen molar-refractivity contribution in [2.45, 2.75) is 38.9 Å². The minimum Gasteiger partial charge on any atom is -0.265 e. The van der Waals surface area contributed by atoms with E-state index in [0.717, 1.165) is 30.9 Å². The van der Waals surface area contributed by atoms with Crippen molar-refractivity contribution < 1.29 is 13.2 Å². The Morgan fingerprint density at radius 2 is 2.19 bits per heavy atom. The van der Waals surface area contributed by atoms with Gasteiger partial charge in [0.2, 0.25) is 0 Å². The second-order valence-electron chi connectivity index (χ2n) is 3.85. The lowest BCUT2D eigenvalue weighted by atomic mass is 10.1. The highest BCUT2D eigenvalue weighted by Crippen LogP contribution is 2.33. The van der Waals surface area contributed by atoms with Gasteiger partial charge in [-0.15, -0.1) is 0 Å². The largest absolute Gasteiger partial charge is 0.435 e. The molecule has 0 unspecified atom stereocenters. The van der Waals surface area contributed by atoms with E-state index in [1.807, 2.05) is 6.08 Å². The Bertz CT molecular complexity index is 415. The van der Waals surface area contributed by atoms with Crippen LogP contribution in [0.1, 0.15) is 37.6 Å². The number of alkyl halides is 3. The average molecular weight is 230 g/mol. The summed E-state index contributed by atoms with van der Waals surface area (Å²) in [5.41, 5.74) is 0.814. The molecule has 0 spiro atoms. The second-order valence-corrected chi connectivity index (χ2v) is 3.85. The van der Waals surface area contributed by atoms with Gasteiger partial charge in [0.25, 0.3) is 0 Å². The number of halogens is 3. The zero-order chi connectivity index (χ0) is 11.8. The fraction of sp³-hybridized carbons (Fsp3) is 0.545. The normalized spacial score (nSPS) is 16.6. The van der Waals surface area contributed by atoms with Crippen molar-refractivity contribution >= 4 is 5.57 Å². The van der Waals surface area contributed by atoms with Crippen molar-refractivity contribution in [2.24, 2.45) is 0 Å². The molecule has 0 atom stereocenters. The molecular weight excluding hydrogens is 217 g/mol. The monoisotopic (exact) mass is 230 g/mol. The van der Waals surface area contributed by atoms with Gasteiger partial charge in [-0.05, 0) is 37.8 Å². The predicted octanol–water partition coefficient (Wildman–Crippen LogP) is 3.49. The van der Waals surface area contributed by atoms with E-state index in [-0.39, 0.29) is 0 Å². The van der Waals surface area contributed by atoms with E-state index in [1.54, 1.807) is 6.92 Å². The maximum absolute atomic E-state index is 12.5. The number of rotatable bonds is 2. The van der Waals surface area contributed by atoms with Crippen LogP contribution >= 0.6 is 0 Å². The molecule has 1 aliphatic rings. The van der Waals surface area contributed by atoms with E-state index in [2.05, 4.69) is 5.10 Å². The summed E-state index contributed by atoms with van der Waals surface area (Å²) in [6, 6.07) is 1.15. The third-order valence-electron chi connectivity index (χ3n) is 2.74. The average Bonchev–Trinajstić information content (AvgIpc) is 2.85. The Labute approximate surface area is 91.8 Å². The topological polar surface area (TPSA) is 17.8 Å². The Kier molecular flexibility index (Phi) is 2.78. The summed E-state index contributed by atoms with van der Waals surface area (Å²) in [5.74, 6) is 0. The van der Waals surface area contributed by atoms with E-state index in [0.29, 0.717) is 12.2 Å². The first-order chi connectivity index (χ1) is 7.52. The Hall–Kier alpha value is -1.26. The Balaban J connectivity index is 2.40. The maximum atomic E-state index is 12.5. The smallest absolute Gasteiger partial charge is 0.265 e. The van der Waals surface area contributed by atoms with Crippen molar-refractivity contribution in [1.82, 2.24) is 9.78 Å². The molecule has 2 rings (SSSR count). The number of hydrogen-bond donors (Lipinski definition) is 0. The van der Waals surface area contributed by atoms with Gasteiger partial charge in [0, 0.05) is 6.54 Å². The van der Waals surface area contributed by atoms with Crippen molar-refractivity contribution in [3.63, 3.8) is 0 Å². The summed E-state index contributed by atoms with van der Waals surface area (Å²) in [5, 5.41) is 3.60. The van der Waals surface area contributed by atoms with Crippen LogP contribution in [0.5, 0.6) is 0 Å². The molecule has 5 heteroatoms. The summed E-state index contributed by atoms with van der Waals surface area (Å²) in [7, 11) is 0. The van der Waals surface area contributed by atoms with Gasteiger partial charge in [0.05, 0.1) is 5.69 Å². The van der Waals surface area contributed by atoms with Gasteiger partial charge in [0.15, 0.2) is 5.69 Å². The molecule has 2 nitrogen and oxygen atoms in total. The number of aromatic nitrogens is 2. The van der Waals surface area contributed by atoms with Crippen LogP contribution in [-0.4, -0.2) is 9.78 Å². The summed E-state index contributed by atoms with van der Waals surface area (Å²) in [6.07, 6.45) is 0.470. The van der Waals surface area contributed by atoms with Gasteiger partial charge >= 0.3 is 6.18 Å². The molecular formula is C11H13F3N2. The molecule has 16 heavy (non-hydrogen) atoms. The number of aryl methyl sites for hydroxylation is 1. The first kappa shape index (κ1) is 11.2. The lowest BCUT2D eigenvalue weighted by Gasteiger charge is -2.04. The van der Waals surface area contributed by atoms with Gasteiger partial charge in [-0.3, -0.25) is 4.68 Å². The predicted molar refractivity (Wildman–Crippen MR) is 54.7 cm³/mol. The third-order valence-corrected chi connectivity index (χ3v) is 2.74. The lowest BCUT2D eigenvalue weighted by Crippen LogP contribution is -2.07. The molecule has 0 radical (unpaired) electrons. The number of nitrogens with zero attached hydrogens (tertiary/aromatic N) is 2. The summed E-state index contributed by atoms with van der Waals surface area (Å²) in [6.45, 7) is 2.26. The van der Waals surface area contributed by atoms with Crippen molar-refractivity contribution in [2.75, 3.05) is 0 Å². The molecule has 1 aliphatic carbocycles. The fourth-order valence-corrected chi connectivity index (χ4v) is 1.96. The summed E-state index contributed by atoms with van der Waals surface area (Å²) in [4.78, 5) is 0. The molecule has 1 aromatic rings. The standard InChI is InChI=1S/C11H13F3N2/c1-2-16-9(8-5-3-4-6-8)7-10(15-16)11(12,13)14/h5,7H,2-4,6H2,1H3. The highest BCUT2D eigenvalue weighted by Gasteiger charge is 2.35. The van der Waals surface area contributed by atoms with Gasteiger partial charge in [-0.25, -0.2) is 0 Å². The van der Waals surface area contributed by atoms with E-state index in [1.165, 1.54) is 4.68 Å². The van der Waals surface area contributed by atoms with Crippen LogP contribution in [0.4, 0.5) is 13.2 Å². The van der Waals surface area contributed by atoms with Crippen LogP contribution in [0.15, 0.2) is 12.1 Å². The fourth-order valence-electron chi connectivity index (χ4n) is 1.96. The number of allylic oxidation sites excluding steroid dienone is 2. The molecule has 0 aromatic carbocycles. The van der Waals surface area contributed by atoms with Crippen LogP contribution < -0.4 is 0 Å². The molecule has 88 valence electrons. The molecule has 0 amide bonds. The van der Waals surface area contributed by atoms with Gasteiger partial charge in [0.1, 0.15) is 0 Å². The summed E-state index contributed by atoms with van der Waals surface area (Å²) >= 11 is 0. The Morgan fingerprint density at radius 3 is 2.69 bits per heavy atom. The van der Waals surface area contributed by atoms with Crippen molar-refractivity contribution in [3.05, 3.63) is 23.5 Å². The maximum Gasteiger partial charge on any atom is 0.435 e. The van der Waals surface area contributed by atoms with Gasteiger partial charge < -0.3 is 0 Å². The van der Waals surface area contributed by atoms with Gasteiger partial charge in [-0.2, -0.15) is 18.3 Å². The SMILES string of the molecule is CCn1nc(C(F)(F)F)cc1C1=CCCC1. The molecule has 1 aromatic heterocycles. The van der Waals surface area contributed by atoms with Crippen molar-refractivity contribution in [1.29, 1.82) is 0 Å². The van der Waals surface area contributed by atoms with Crippen LogP contribution in [0, 0.1) is 0 Å². The van der Waals surface area contributed by atoms with E-state index >= 15 is 0 Å². The van der Waals surface area contributed by atoms with E-state index in [4.69, 9.17) is 0 Å². The van der Waals surface area contributed by atoms with Crippen LogP contribution in [-0.2, 0) is 12.7 Å². The highest BCUT2D eigenvalue weighted by molar-refractivity contribution is 5.65. The number of hydrogen-bond acceptors (Lipinski definition) is 1. The molecule has 1 heterocycles. The van der Waals surface area contributed by atoms with Crippen molar-refractivity contribution in [3.8, 4) is 0 Å². The van der Waals surface area contributed by atoms with Crippen LogP contribution in [0.2, 0.25) is 0 Å². The second kappa shape index (κ2) is 3.96. The molecule has 0 N–H and O–H groups in total. The van der Waals surface area contributed by atoms with Crippen LogP contribution in [0.3, 0.4) is 0 Å². The zero-order valence-corrected chi connectivity index (χ0v) is 9.01. The Morgan fingerprint density at radius 1 is 1.44 bits per heavy atom. The minimum absolute atomic E-state index is 0.461. The third kappa shape index (κ3) is 1.99. The quantitative estimate of drug-likeness (QED) is 0.760. The lowest BCUT2D eigenvalue weighted by molar-refractivity contribution is -0.141. The highest BCUT2D eigenvalue weighted by atomic mass is 19.4. The first-order valence-electron chi connectivity index (χ1n) is 5.37. The molecule has 0 saturated heterocycles. The molecule has 0 aliphatic heterocycles. The van der Waals surface area contributed by atoms with E-state index in [9.17, 15) is 13.2 Å². The minimum atomic E-state index is -4.35. The molecule has 0 saturated carbocycles. The molecule has 0 fully saturated rings. The van der Waals surface area contributed by atoms with Crippen LogP contribution in [0.25, 0.3) is 5.57 Å². The summed E-state index contributed by atoms with van der Waals surface area (Å²) < 4.78 is 39.0. The molecule has 0 bridgehead atoms. The van der Waals surface area contributed by atoms with E-state index < -0.39 is 11.9 Å². The van der Waals surface area contributed by atoms with Gasteiger partial charge in [-0.1, -0.05) is 6.08 Å².